The van der Waals surface area contributed by atoms with E-state index in [0.29, 0.717) is 38.5 Å². The summed E-state index contributed by atoms with van der Waals surface area (Å²) < 4.78 is 48.3. The minimum absolute atomic E-state index is 0.117. The predicted octanol–water partition coefficient (Wildman–Crippen LogP) is -0.839. The Morgan fingerprint density at radius 2 is 1.29 bits per heavy atom. The van der Waals surface area contributed by atoms with Crippen LogP contribution in [0, 0.1) is 44.8 Å². The topological polar surface area (TPSA) is 334 Å². The SMILES string of the molecule is C=C1CC[C@]2(C(=O)O[C@@H]3O[C@H](CO)[C@@H](O)[C@H](O)[C@H]3O)CC[C@]3(C)C(=CC[C@@H]4[C@@]5(C)CC[C@H](O[C@@H]6O[C@H](CO)[C@@H](O[C@@H]7O[C@@H](C)[C@H](O)[C@@H](O)[C@H]7O)[C@H](O[C@@H]7OC[C@H](O)[C@H](O)[C@H]7O)[C@H]6O)C(C)(C)[C@@H]5CC[C@]43C)[C@@H]2C1. The van der Waals surface area contributed by atoms with E-state index in [1.54, 1.807) is 0 Å². The summed E-state index contributed by atoms with van der Waals surface area (Å²) in [6.07, 6.45) is -20.7. The zero-order valence-electron chi connectivity index (χ0n) is 42.8. The number of esters is 1. The molecule has 416 valence electrons. The van der Waals surface area contributed by atoms with Crippen molar-refractivity contribution in [1.82, 2.24) is 0 Å². The van der Waals surface area contributed by atoms with Crippen LogP contribution in [0.2, 0.25) is 0 Å². The summed E-state index contributed by atoms with van der Waals surface area (Å²) >= 11 is 0. The molecule has 21 nitrogen and oxygen atoms in total. The Kier molecular flexibility index (Phi) is 15.7. The van der Waals surface area contributed by atoms with Crippen LogP contribution in [0.3, 0.4) is 0 Å². The zero-order valence-corrected chi connectivity index (χ0v) is 42.8. The Morgan fingerprint density at radius 1 is 0.658 bits per heavy atom. The number of hydrogen-bond acceptors (Lipinski definition) is 21. The van der Waals surface area contributed by atoms with Gasteiger partial charge in [0.05, 0.1) is 37.4 Å². The Balaban J connectivity index is 0.949. The van der Waals surface area contributed by atoms with E-state index in [-0.39, 0.29) is 34.0 Å². The molecule has 0 aromatic heterocycles. The number of aliphatic hydroxyl groups excluding tert-OH is 12. The lowest BCUT2D eigenvalue weighted by atomic mass is 9.34. The standard InChI is InChI=1S/C52H82O21/c1-22-10-15-52(47(65)73-45-39(63)36(60)34(58)27(19-53)68-45)17-16-50(6)24(25(52)18-22)8-9-30-49(5)13-12-31(48(3,4)29(49)11-14-51(30,50)7)70-46-40(64)42(72-43-37(61)33(57)26(55)21-66-43)41(28(20-54)69-46)71-44-38(62)35(59)32(56)23(2)67-44/h8,23,25-46,53-64H,1,9-21H2,2-7H3/t23-,25-,26-,27+,28+,29-,30+,31-,32-,33-,34+,35+,36-,37+,38+,39+,40+,41+,42+,43-,44-,45-,46-,49-,50+,51+,52-/m0/s1. The average molecular weight is 1040 g/mol. The molecule has 12 N–H and O–H groups in total. The molecule has 9 rings (SSSR count). The molecule has 0 aromatic carbocycles. The van der Waals surface area contributed by atoms with Crippen LogP contribution in [0.1, 0.15) is 106 Å². The van der Waals surface area contributed by atoms with E-state index in [2.05, 4.69) is 47.3 Å². The first-order valence-corrected chi connectivity index (χ1v) is 26.4. The van der Waals surface area contributed by atoms with Gasteiger partial charge >= 0.3 is 5.97 Å². The Bertz CT molecular complexity index is 2040. The van der Waals surface area contributed by atoms with E-state index in [9.17, 15) is 66.1 Å². The van der Waals surface area contributed by atoms with Crippen LogP contribution >= 0.6 is 0 Å². The zero-order chi connectivity index (χ0) is 53.1. The molecule has 4 saturated carbocycles. The normalized spacial score (nSPS) is 54.0. The highest BCUT2D eigenvalue weighted by molar-refractivity contribution is 5.79. The molecule has 0 radical (unpaired) electrons. The van der Waals surface area contributed by atoms with Gasteiger partial charge < -0.3 is 99.2 Å². The summed E-state index contributed by atoms with van der Waals surface area (Å²) in [4.78, 5) is 14.6. The lowest BCUT2D eigenvalue weighted by molar-refractivity contribution is -0.388. The molecule has 73 heavy (non-hydrogen) atoms. The summed E-state index contributed by atoms with van der Waals surface area (Å²) in [5, 5.41) is 128. The molecule has 27 atom stereocenters. The maximum absolute atomic E-state index is 14.6. The van der Waals surface area contributed by atoms with Crippen molar-refractivity contribution in [3.8, 4) is 0 Å². The minimum Gasteiger partial charge on any atom is -0.432 e. The molecule has 0 spiro atoms. The molecule has 0 amide bonds. The van der Waals surface area contributed by atoms with Gasteiger partial charge in [-0.3, -0.25) is 4.79 Å². The molecule has 0 unspecified atom stereocenters. The molecule has 4 heterocycles. The summed E-state index contributed by atoms with van der Waals surface area (Å²) in [6, 6.07) is 0. The molecule has 8 fully saturated rings. The van der Waals surface area contributed by atoms with Crippen LogP contribution in [0.15, 0.2) is 23.8 Å². The van der Waals surface area contributed by atoms with Crippen molar-refractivity contribution in [2.75, 3.05) is 19.8 Å². The minimum atomic E-state index is -1.78. The van der Waals surface area contributed by atoms with Gasteiger partial charge in [0.15, 0.2) is 18.9 Å². The van der Waals surface area contributed by atoms with Crippen LogP contribution in [0.5, 0.6) is 0 Å². The van der Waals surface area contributed by atoms with Gasteiger partial charge in [0.2, 0.25) is 6.29 Å². The van der Waals surface area contributed by atoms with Gasteiger partial charge in [-0.15, -0.1) is 0 Å². The third-order valence-corrected chi connectivity index (χ3v) is 20.4. The van der Waals surface area contributed by atoms with E-state index in [1.165, 1.54) is 12.5 Å². The smallest absolute Gasteiger partial charge is 0.315 e. The number of hydrogen-bond donors (Lipinski definition) is 12. The third kappa shape index (κ3) is 9.02. The van der Waals surface area contributed by atoms with Crippen LogP contribution in [0.4, 0.5) is 0 Å². The van der Waals surface area contributed by atoms with Crippen molar-refractivity contribution in [1.29, 1.82) is 0 Å². The second-order valence-corrected chi connectivity index (χ2v) is 24.4. The van der Waals surface area contributed by atoms with Gasteiger partial charge in [0, 0.05) is 5.92 Å². The van der Waals surface area contributed by atoms with Crippen molar-refractivity contribution in [3.63, 3.8) is 0 Å². The molecule has 21 heteroatoms. The monoisotopic (exact) mass is 1040 g/mol. The number of rotatable bonds is 10. The number of allylic oxidation sites excluding steroid dienone is 3. The summed E-state index contributed by atoms with van der Waals surface area (Å²) in [7, 11) is 0. The first kappa shape index (κ1) is 55.9. The maximum atomic E-state index is 14.6. The van der Waals surface area contributed by atoms with Gasteiger partial charge in [0.25, 0.3) is 0 Å². The number of ether oxygens (including phenoxy) is 8. The summed E-state index contributed by atoms with van der Waals surface area (Å²) in [6.45, 7) is 15.5. The largest absolute Gasteiger partial charge is 0.432 e. The van der Waals surface area contributed by atoms with Crippen molar-refractivity contribution in [2.24, 2.45) is 44.8 Å². The van der Waals surface area contributed by atoms with Crippen molar-refractivity contribution in [2.45, 2.75) is 229 Å². The fourth-order valence-electron chi connectivity index (χ4n) is 15.8. The highest BCUT2D eigenvalue weighted by Gasteiger charge is 2.70. The van der Waals surface area contributed by atoms with Gasteiger partial charge in [0.1, 0.15) is 85.5 Å². The summed E-state index contributed by atoms with van der Waals surface area (Å²) in [5.74, 6) is -0.436. The molecule has 4 saturated heterocycles. The molecule has 0 bridgehead atoms. The Labute approximate surface area is 426 Å². The fraction of sp³-hybridized carbons (Fsp3) is 0.904. The van der Waals surface area contributed by atoms with Crippen molar-refractivity contribution < 1.29 is 104 Å². The molecule has 4 aliphatic heterocycles. The third-order valence-electron chi connectivity index (χ3n) is 20.4. The van der Waals surface area contributed by atoms with Crippen LogP contribution in [-0.2, 0) is 42.7 Å². The second kappa shape index (κ2) is 20.4. The summed E-state index contributed by atoms with van der Waals surface area (Å²) in [5.41, 5.74) is 0.0640. The molecular weight excluding hydrogens is 961 g/mol. The highest BCUT2D eigenvalue weighted by atomic mass is 16.8. The van der Waals surface area contributed by atoms with Gasteiger partial charge in [-0.05, 0) is 105 Å². The van der Waals surface area contributed by atoms with Gasteiger partial charge in [-0.1, -0.05) is 58.4 Å². The lowest BCUT2D eigenvalue weighted by Gasteiger charge is -2.71. The van der Waals surface area contributed by atoms with Crippen molar-refractivity contribution in [3.05, 3.63) is 23.8 Å². The van der Waals surface area contributed by atoms with E-state index in [0.717, 1.165) is 31.3 Å². The van der Waals surface area contributed by atoms with Crippen LogP contribution in [-0.4, -0.2) is 210 Å². The first-order valence-electron chi connectivity index (χ1n) is 26.4. The second-order valence-electron chi connectivity index (χ2n) is 24.4. The number of carbonyl (C=O) groups is 1. The number of fused-ring (bicyclic) bond motifs is 7. The Morgan fingerprint density at radius 3 is 1.99 bits per heavy atom. The van der Waals surface area contributed by atoms with Crippen molar-refractivity contribution >= 4 is 5.97 Å². The average Bonchev–Trinajstić information content (AvgIpc) is 3.35. The van der Waals surface area contributed by atoms with Gasteiger partial charge in [-0.2, -0.15) is 0 Å². The van der Waals surface area contributed by atoms with E-state index < -0.39 is 159 Å². The number of carbonyl (C=O) groups excluding carboxylic acids is 1. The first-order chi connectivity index (χ1) is 34.3. The quantitative estimate of drug-likeness (QED) is 0.0721. The number of aliphatic hydroxyl groups is 12. The molecule has 5 aliphatic carbocycles. The molecule has 0 aromatic rings. The lowest BCUT2D eigenvalue weighted by Crippen LogP contribution is -2.67. The molecular formula is C52H82O21. The van der Waals surface area contributed by atoms with E-state index in [4.69, 9.17) is 37.9 Å². The van der Waals surface area contributed by atoms with Gasteiger partial charge in [-0.25, -0.2) is 0 Å². The maximum Gasteiger partial charge on any atom is 0.315 e. The van der Waals surface area contributed by atoms with Crippen LogP contribution in [0.25, 0.3) is 0 Å². The van der Waals surface area contributed by atoms with Crippen LogP contribution < -0.4 is 0 Å². The van der Waals surface area contributed by atoms with E-state index in [1.807, 2.05) is 0 Å². The Hall–Kier alpha value is -1.81. The fourth-order valence-corrected chi connectivity index (χ4v) is 15.8. The predicted molar refractivity (Wildman–Crippen MR) is 251 cm³/mol. The highest BCUT2D eigenvalue weighted by Crippen LogP contribution is 2.75. The van der Waals surface area contributed by atoms with E-state index >= 15 is 0 Å². The molecule has 9 aliphatic rings.